The Morgan fingerprint density at radius 2 is 1.44 bits per heavy atom. The minimum absolute atomic E-state index is 0.116. The summed E-state index contributed by atoms with van der Waals surface area (Å²) >= 11 is 6.20. The van der Waals surface area contributed by atoms with Crippen molar-refractivity contribution in [3.05, 3.63) is 113 Å². The molecule has 5 aromatic carbocycles. The fraction of sp³-hybridized carbons (Fsp3) is 0.0667. The van der Waals surface area contributed by atoms with Crippen LogP contribution < -0.4 is 9.46 Å². The lowest BCUT2D eigenvalue weighted by Gasteiger charge is -2.14. The number of aryl methyl sites for hydroxylation is 2. The Labute approximate surface area is 254 Å². The van der Waals surface area contributed by atoms with Gasteiger partial charge in [-0.3, -0.25) is 4.72 Å². The molecule has 0 saturated heterocycles. The van der Waals surface area contributed by atoms with Gasteiger partial charge in [0, 0.05) is 5.02 Å². The molecule has 220 valence electrons. The highest BCUT2D eigenvalue weighted by Gasteiger charge is 2.19. The zero-order chi connectivity index (χ0) is 31.1. The molecule has 0 unspecified atom stereocenters. The Bertz CT molecular complexity index is 2030. The summed E-state index contributed by atoms with van der Waals surface area (Å²) in [5, 5.41) is 21.2. The van der Waals surface area contributed by atoms with Gasteiger partial charge in [-0.1, -0.05) is 59.6 Å². The lowest BCUT2D eigenvalue weighted by atomic mass is 10.0. The topological polar surface area (TPSA) is 152 Å². The Morgan fingerprint density at radius 3 is 2.12 bits per heavy atom. The molecule has 0 aromatic heterocycles. The number of fused-ring (bicyclic) bond motifs is 1. The van der Waals surface area contributed by atoms with E-state index in [1.807, 2.05) is 50.2 Å². The summed E-state index contributed by atoms with van der Waals surface area (Å²) in [5.41, 5.74) is 2.50. The van der Waals surface area contributed by atoms with Crippen LogP contribution >= 0.6 is 11.6 Å². The van der Waals surface area contributed by atoms with Gasteiger partial charge in [0.05, 0.1) is 16.0 Å². The zero-order valence-corrected chi connectivity index (χ0v) is 25.1. The number of benzene rings is 5. The third-order valence-electron chi connectivity index (χ3n) is 5.95. The van der Waals surface area contributed by atoms with Gasteiger partial charge in [-0.15, -0.1) is 22.9 Å². The van der Waals surface area contributed by atoms with E-state index in [2.05, 4.69) is 15.0 Å². The Balaban J connectivity index is 0.000000996. The van der Waals surface area contributed by atoms with Gasteiger partial charge < -0.3 is 9.84 Å². The molecule has 43 heavy (non-hydrogen) atoms. The molecule has 2 N–H and O–H groups in total. The molecule has 10 nitrogen and oxygen atoms in total. The second-order valence-corrected chi connectivity index (χ2v) is 11.7. The van der Waals surface area contributed by atoms with Crippen LogP contribution in [0.25, 0.3) is 10.8 Å². The molecule has 0 aliphatic heterocycles. The van der Waals surface area contributed by atoms with Crippen LogP contribution in [-0.2, 0) is 20.6 Å². The average molecular weight is 638 g/mol. The minimum Gasteiger partial charge on any atom is -0.505 e. The lowest BCUT2D eigenvalue weighted by molar-refractivity contribution is 0.481. The SMILES string of the molecule is Cc1ccc(S(=O)(=O)Nc2cc(C)cc3ccc(N=Nc4cc(Cl)ccc4Oc4ccccc4)c(O)c23)cc1.O=S(=O)=O. The predicted octanol–water partition coefficient (Wildman–Crippen LogP) is 7.82. The van der Waals surface area contributed by atoms with E-state index < -0.39 is 20.6 Å². The third kappa shape index (κ3) is 8.16. The summed E-state index contributed by atoms with van der Waals surface area (Å²) in [6.45, 7) is 3.73. The van der Waals surface area contributed by atoms with Crippen LogP contribution in [0.1, 0.15) is 11.1 Å². The van der Waals surface area contributed by atoms with Gasteiger partial charge in [0.2, 0.25) is 0 Å². The number of sulfonamides is 1. The van der Waals surface area contributed by atoms with E-state index in [0.717, 1.165) is 11.1 Å². The van der Waals surface area contributed by atoms with Crippen LogP contribution in [-0.4, -0.2) is 26.2 Å². The highest BCUT2D eigenvalue weighted by atomic mass is 35.5. The van der Waals surface area contributed by atoms with Gasteiger partial charge in [-0.2, -0.15) is 0 Å². The van der Waals surface area contributed by atoms with Crippen LogP contribution in [0, 0.1) is 13.8 Å². The van der Waals surface area contributed by atoms with Crippen molar-refractivity contribution in [2.24, 2.45) is 10.2 Å². The lowest BCUT2D eigenvalue weighted by Crippen LogP contribution is -2.13. The van der Waals surface area contributed by atoms with E-state index >= 15 is 0 Å². The molecule has 13 heteroatoms. The molecular weight excluding hydrogens is 614 g/mol. The molecule has 0 fully saturated rings. The first-order chi connectivity index (χ1) is 20.4. The van der Waals surface area contributed by atoms with Crippen molar-refractivity contribution in [1.82, 2.24) is 0 Å². The van der Waals surface area contributed by atoms with Crippen molar-refractivity contribution < 1.29 is 30.9 Å². The number of azo groups is 1. The van der Waals surface area contributed by atoms with E-state index in [4.69, 9.17) is 29.0 Å². The van der Waals surface area contributed by atoms with Crippen molar-refractivity contribution in [3.63, 3.8) is 0 Å². The number of para-hydroxylation sites is 1. The first-order valence-electron chi connectivity index (χ1n) is 12.5. The maximum absolute atomic E-state index is 13.1. The summed E-state index contributed by atoms with van der Waals surface area (Å²) < 4.78 is 60.2. The van der Waals surface area contributed by atoms with Crippen molar-refractivity contribution in [2.45, 2.75) is 18.7 Å². The molecule has 0 amide bonds. The van der Waals surface area contributed by atoms with E-state index in [1.165, 1.54) is 12.1 Å². The number of phenols is 1. The normalized spacial score (nSPS) is 11.1. The van der Waals surface area contributed by atoms with E-state index in [-0.39, 0.29) is 22.0 Å². The third-order valence-corrected chi connectivity index (χ3v) is 7.56. The van der Waals surface area contributed by atoms with Crippen molar-refractivity contribution in [1.29, 1.82) is 0 Å². The summed E-state index contributed by atoms with van der Waals surface area (Å²) in [6.07, 6.45) is 0. The van der Waals surface area contributed by atoms with Gasteiger partial charge in [-0.25, -0.2) is 8.42 Å². The number of halogens is 1. The van der Waals surface area contributed by atoms with E-state index in [9.17, 15) is 13.5 Å². The number of rotatable bonds is 7. The first-order valence-corrected chi connectivity index (χ1v) is 15.4. The van der Waals surface area contributed by atoms with E-state index in [1.54, 1.807) is 48.5 Å². The van der Waals surface area contributed by atoms with Gasteiger partial charge in [-0.05, 0) is 79.4 Å². The molecule has 0 saturated carbocycles. The maximum Gasteiger partial charge on any atom is 0.425 e. The quantitative estimate of drug-likeness (QED) is 0.173. The number of nitrogens with zero attached hydrogens (tertiary/aromatic N) is 2. The molecule has 5 aromatic rings. The molecule has 0 radical (unpaired) electrons. The number of hydrogen-bond acceptors (Lipinski definition) is 9. The molecule has 0 aliphatic rings. The zero-order valence-electron chi connectivity index (χ0n) is 22.7. The first kappa shape index (κ1) is 31.2. The summed E-state index contributed by atoms with van der Waals surface area (Å²) in [6, 6.07) is 27.6. The number of ether oxygens (including phenoxy) is 1. The summed E-state index contributed by atoms with van der Waals surface area (Å²) in [7, 11) is -7.02. The smallest absolute Gasteiger partial charge is 0.425 e. The summed E-state index contributed by atoms with van der Waals surface area (Å²) in [5.74, 6) is 0.827. The van der Waals surface area contributed by atoms with E-state index in [0.29, 0.717) is 33.0 Å². The Kier molecular flexibility index (Phi) is 9.76. The van der Waals surface area contributed by atoms with Gasteiger partial charge in [0.1, 0.15) is 17.1 Å². The van der Waals surface area contributed by atoms with Crippen LogP contribution in [0.5, 0.6) is 17.2 Å². The highest BCUT2D eigenvalue weighted by molar-refractivity contribution is 7.92. The standard InChI is InChI=1S/C30H24ClN3O4S.O3S/c1-19-8-12-24(13-9-19)39(36,37)34-27-17-20(2)16-21-10-14-25(30(35)29(21)27)32-33-26-18-22(31)11-15-28(26)38-23-6-4-3-5-7-23;1-4(2)3/h3-18,34-35H,1-2H3;. The largest absolute Gasteiger partial charge is 0.505 e. The molecule has 0 atom stereocenters. The van der Waals surface area contributed by atoms with Gasteiger partial charge >= 0.3 is 10.6 Å². The fourth-order valence-corrected chi connectivity index (χ4v) is 5.28. The van der Waals surface area contributed by atoms with Crippen molar-refractivity contribution >= 4 is 60.1 Å². The second kappa shape index (κ2) is 13.5. The number of aromatic hydroxyl groups is 1. The van der Waals surface area contributed by atoms with Gasteiger partial charge in [0.15, 0.2) is 11.5 Å². The predicted molar refractivity (Wildman–Crippen MR) is 164 cm³/mol. The van der Waals surface area contributed by atoms with Gasteiger partial charge in [0.25, 0.3) is 10.0 Å². The van der Waals surface area contributed by atoms with Crippen LogP contribution in [0.3, 0.4) is 0 Å². The number of hydrogen-bond donors (Lipinski definition) is 2. The number of phenolic OH excluding ortho intramolecular Hbond substituents is 1. The molecule has 0 aliphatic carbocycles. The van der Waals surface area contributed by atoms with Crippen molar-refractivity contribution in [3.8, 4) is 17.2 Å². The van der Waals surface area contributed by atoms with Crippen LogP contribution in [0.15, 0.2) is 112 Å². The van der Waals surface area contributed by atoms with Crippen molar-refractivity contribution in [2.75, 3.05) is 4.72 Å². The van der Waals surface area contributed by atoms with Crippen LogP contribution in [0.4, 0.5) is 17.1 Å². The fourth-order valence-electron chi connectivity index (χ4n) is 4.05. The summed E-state index contributed by atoms with van der Waals surface area (Å²) in [4.78, 5) is 0.116. The Hall–Kier alpha value is -4.78. The Morgan fingerprint density at radius 1 is 0.791 bits per heavy atom. The molecule has 0 bridgehead atoms. The number of nitrogens with one attached hydrogen (secondary N) is 1. The molecule has 0 spiro atoms. The monoisotopic (exact) mass is 637 g/mol. The minimum atomic E-state index is -3.91. The molecule has 0 heterocycles. The molecule has 5 rings (SSSR count). The average Bonchev–Trinajstić information content (AvgIpc) is 2.94. The van der Waals surface area contributed by atoms with Crippen LogP contribution in [0.2, 0.25) is 5.02 Å². The second-order valence-electron chi connectivity index (χ2n) is 9.19. The molecular formula is C30H24ClN3O7S2. The maximum atomic E-state index is 13.1. The number of anilines is 1. The highest BCUT2D eigenvalue weighted by Crippen LogP contribution is 2.42.